The minimum absolute atomic E-state index is 0.654. The van der Waals surface area contributed by atoms with Crippen molar-refractivity contribution in [3.63, 3.8) is 0 Å². The van der Waals surface area contributed by atoms with Crippen LogP contribution in [0.4, 0.5) is 0 Å². The van der Waals surface area contributed by atoms with Crippen molar-refractivity contribution in [1.29, 1.82) is 0 Å². The number of hydrogen-bond donors (Lipinski definition) is 0. The van der Waals surface area contributed by atoms with E-state index in [1.807, 2.05) is 12.1 Å². The van der Waals surface area contributed by atoms with Gasteiger partial charge in [-0.2, -0.15) is 0 Å². The fourth-order valence-electron chi connectivity index (χ4n) is 3.62. The Hall–Kier alpha value is -1.32. The Morgan fingerprint density at radius 3 is 3.00 bits per heavy atom. The van der Waals surface area contributed by atoms with Crippen LogP contribution in [-0.2, 0) is 0 Å². The van der Waals surface area contributed by atoms with Gasteiger partial charge in [-0.25, -0.2) is 0 Å². The molecule has 0 amide bonds. The molecule has 1 aromatic carbocycles. The summed E-state index contributed by atoms with van der Waals surface area (Å²) in [6.45, 7) is 7.14. The van der Waals surface area contributed by atoms with Crippen LogP contribution in [-0.4, -0.2) is 55.2 Å². The molecule has 3 nitrogen and oxygen atoms in total. The zero-order valence-corrected chi connectivity index (χ0v) is 13.2. The van der Waals surface area contributed by atoms with Crippen molar-refractivity contribution in [2.75, 3.05) is 33.3 Å². The molecule has 0 unspecified atom stereocenters. The summed E-state index contributed by atoms with van der Waals surface area (Å²) in [5, 5.41) is 0. The first kappa shape index (κ1) is 14.6. The zero-order valence-electron chi connectivity index (χ0n) is 13.2. The molecule has 114 valence electrons. The van der Waals surface area contributed by atoms with Crippen molar-refractivity contribution in [3.8, 4) is 5.75 Å². The van der Waals surface area contributed by atoms with Gasteiger partial charge >= 0.3 is 0 Å². The maximum Gasteiger partial charge on any atom is 0.126 e. The van der Waals surface area contributed by atoms with E-state index in [2.05, 4.69) is 41.0 Å². The Labute approximate surface area is 128 Å². The molecule has 0 saturated carbocycles. The highest BCUT2D eigenvalue weighted by atomic mass is 16.5. The van der Waals surface area contributed by atoms with Crippen molar-refractivity contribution < 1.29 is 4.74 Å². The third-order valence-corrected chi connectivity index (χ3v) is 4.84. The molecule has 0 aliphatic carbocycles. The zero-order chi connectivity index (χ0) is 14.7. The minimum Gasteiger partial charge on any atom is -0.496 e. The van der Waals surface area contributed by atoms with E-state index in [0.717, 1.165) is 23.9 Å². The molecule has 2 atom stereocenters. The van der Waals surface area contributed by atoms with Gasteiger partial charge in [-0.15, -0.1) is 0 Å². The van der Waals surface area contributed by atoms with Crippen LogP contribution in [0.15, 0.2) is 30.3 Å². The minimum atomic E-state index is 0.654. The first-order valence-corrected chi connectivity index (χ1v) is 8.05. The first-order chi connectivity index (χ1) is 10.3. The largest absolute Gasteiger partial charge is 0.496 e. The van der Waals surface area contributed by atoms with Gasteiger partial charge in [0, 0.05) is 37.3 Å². The third-order valence-electron chi connectivity index (χ3n) is 4.84. The Bertz CT molecular complexity index is 500. The molecular formula is C18H26N2O. The summed E-state index contributed by atoms with van der Waals surface area (Å²) >= 11 is 0. The predicted molar refractivity (Wildman–Crippen MR) is 87.7 cm³/mol. The lowest BCUT2D eigenvalue weighted by atomic mass is 10.1. The normalized spacial score (nSPS) is 27.1. The molecule has 0 aromatic heterocycles. The molecule has 2 heterocycles. The van der Waals surface area contributed by atoms with Crippen LogP contribution in [0, 0.1) is 0 Å². The summed E-state index contributed by atoms with van der Waals surface area (Å²) < 4.78 is 5.39. The second-order valence-electron chi connectivity index (χ2n) is 6.24. The Morgan fingerprint density at radius 2 is 2.14 bits per heavy atom. The standard InChI is InChI=1S/C18H26N2O/c1-15-13-20-12-6-9-17(20)14-19(15)11-5-8-16-7-3-4-10-18(16)21-2/h3-5,7-8,10,15,17H,6,9,11-14H2,1-2H3/b8-5+/t15-,17-/m1/s1. The predicted octanol–water partition coefficient (Wildman–Crippen LogP) is 2.88. The Kier molecular flexibility index (Phi) is 4.61. The van der Waals surface area contributed by atoms with Crippen LogP contribution in [0.1, 0.15) is 25.3 Å². The Balaban J connectivity index is 1.60. The lowest BCUT2D eigenvalue weighted by Gasteiger charge is -2.41. The van der Waals surface area contributed by atoms with Crippen LogP contribution in [0.5, 0.6) is 5.75 Å². The van der Waals surface area contributed by atoms with Gasteiger partial charge in [-0.3, -0.25) is 9.80 Å². The van der Waals surface area contributed by atoms with E-state index in [4.69, 9.17) is 4.74 Å². The Morgan fingerprint density at radius 1 is 1.29 bits per heavy atom. The quantitative estimate of drug-likeness (QED) is 0.846. The molecule has 21 heavy (non-hydrogen) atoms. The number of fused-ring (bicyclic) bond motifs is 1. The average molecular weight is 286 g/mol. The number of para-hydroxylation sites is 1. The van der Waals surface area contributed by atoms with Crippen LogP contribution < -0.4 is 4.74 Å². The fourth-order valence-corrected chi connectivity index (χ4v) is 3.62. The number of hydrogen-bond acceptors (Lipinski definition) is 3. The monoisotopic (exact) mass is 286 g/mol. The van der Waals surface area contributed by atoms with Gasteiger partial charge in [0.1, 0.15) is 5.75 Å². The van der Waals surface area contributed by atoms with E-state index < -0.39 is 0 Å². The number of benzene rings is 1. The molecule has 2 aliphatic rings. The number of ether oxygens (including phenoxy) is 1. The van der Waals surface area contributed by atoms with E-state index in [1.165, 1.54) is 32.5 Å². The number of nitrogens with zero attached hydrogens (tertiary/aromatic N) is 2. The van der Waals surface area contributed by atoms with Gasteiger partial charge in [0.15, 0.2) is 0 Å². The number of methoxy groups -OCH3 is 1. The van der Waals surface area contributed by atoms with Gasteiger partial charge in [0.05, 0.1) is 7.11 Å². The second kappa shape index (κ2) is 6.63. The van der Waals surface area contributed by atoms with Crippen LogP contribution >= 0.6 is 0 Å². The number of piperazine rings is 1. The van der Waals surface area contributed by atoms with Crippen LogP contribution in [0.25, 0.3) is 6.08 Å². The highest BCUT2D eigenvalue weighted by Crippen LogP contribution is 2.24. The van der Waals surface area contributed by atoms with Gasteiger partial charge in [-0.05, 0) is 32.4 Å². The summed E-state index contributed by atoms with van der Waals surface area (Å²) in [6, 6.07) is 9.63. The van der Waals surface area contributed by atoms with Gasteiger partial charge in [0.2, 0.25) is 0 Å². The number of rotatable bonds is 4. The van der Waals surface area contributed by atoms with Crippen molar-refractivity contribution in [2.24, 2.45) is 0 Å². The smallest absolute Gasteiger partial charge is 0.126 e. The summed E-state index contributed by atoms with van der Waals surface area (Å²) in [5.74, 6) is 0.947. The van der Waals surface area contributed by atoms with Gasteiger partial charge in [-0.1, -0.05) is 30.4 Å². The van der Waals surface area contributed by atoms with Crippen LogP contribution in [0.2, 0.25) is 0 Å². The average Bonchev–Trinajstić information content (AvgIpc) is 2.95. The summed E-state index contributed by atoms with van der Waals surface area (Å²) in [7, 11) is 1.73. The highest BCUT2D eigenvalue weighted by Gasteiger charge is 2.33. The van der Waals surface area contributed by atoms with Crippen molar-refractivity contribution in [2.45, 2.75) is 31.8 Å². The molecule has 0 N–H and O–H groups in total. The topological polar surface area (TPSA) is 15.7 Å². The van der Waals surface area contributed by atoms with E-state index in [-0.39, 0.29) is 0 Å². The molecule has 3 heteroatoms. The molecular weight excluding hydrogens is 260 g/mol. The summed E-state index contributed by atoms with van der Waals surface area (Å²) in [6.07, 6.45) is 7.22. The van der Waals surface area contributed by atoms with Crippen LogP contribution in [0.3, 0.4) is 0 Å². The summed E-state index contributed by atoms with van der Waals surface area (Å²) in [5.41, 5.74) is 1.16. The fraction of sp³-hybridized carbons (Fsp3) is 0.556. The molecule has 1 aromatic rings. The lowest BCUT2D eigenvalue weighted by Crippen LogP contribution is -2.54. The van der Waals surface area contributed by atoms with Gasteiger partial charge in [0.25, 0.3) is 0 Å². The second-order valence-corrected chi connectivity index (χ2v) is 6.24. The molecule has 2 saturated heterocycles. The van der Waals surface area contributed by atoms with E-state index in [0.29, 0.717) is 6.04 Å². The molecule has 2 fully saturated rings. The van der Waals surface area contributed by atoms with Crippen molar-refractivity contribution >= 4 is 6.08 Å². The lowest BCUT2D eigenvalue weighted by molar-refractivity contribution is 0.0686. The maximum absolute atomic E-state index is 5.39. The van der Waals surface area contributed by atoms with Gasteiger partial charge < -0.3 is 4.74 Å². The molecule has 0 bridgehead atoms. The SMILES string of the molecule is COc1ccccc1/C=C/CN1C[C@H]2CCCN2C[C@H]1C. The first-order valence-electron chi connectivity index (χ1n) is 8.05. The van der Waals surface area contributed by atoms with Crippen molar-refractivity contribution in [1.82, 2.24) is 9.80 Å². The molecule has 0 radical (unpaired) electrons. The maximum atomic E-state index is 5.39. The molecule has 2 aliphatic heterocycles. The van der Waals surface area contributed by atoms with E-state index >= 15 is 0 Å². The summed E-state index contributed by atoms with van der Waals surface area (Å²) in [4.78, 5) is 5.28. The van der Waals surface area contributed by atoms with Crippen molar-refractivity contribution in [3.05, 3.63) is 35.9 Å². The van der Waals surface area contributed by atoms with E-state index in [9.17, 15) is 0 Å². The molecule has 3 rings (SSSR count). The molecule has 0 spiro atoms. The highest BCUT2D eigenvalue weighted by molar-refractivity contribution is 5.57. The van der Waals surface area contributed by atoms with E-state index in [1.54, 1.807) is 7.11 Å². The third kappa shape index (κ3) is 3.30.